The molecule has 0 spiro atoms. The second-order valence-electron chi connectivity index (χ2n) is 11.3. The van der Waals surface area contributed by atoms with E-state index in [-0.39, 0.29) is 16.2 Å². The van der Waals surface area contributed by atoms with Crippen molar-refractivity contribution in [2.75, 3.05) is 39.6 Å². The summed E-state index contributed by atoms with van der Waals surface area (Å²) >= 11 is 0. The van der Waals surface area contributed by atoms with Gasteiger partial charge in [-0.25, -0.2) is 0 Å². The van der Waals surface area contributed by atoms with Crippen LogP contribution in [0.15, 0.2) is 0 Å². The predicted molar refractivity (Wildman–Crippen MR) is 140 cm³/mol. The fraction of sp³-hybridized carbons (Fsp3) is 1.00. The zero-order valence-corrected chi connectivity index (χ0v) is 23.8. The lowest BCUT2D eigenvalue weighted by Crippen LogP contribution is -2.45. The third kappa shape index (κ3) is 9.54. The Hall–Kier alpha value is -0.240. The van der Waals surface area contributed by atoms with Crippen LogP contribution in [0.25, 0.3) is 0 Å². The summed E-state index contributed by atoms with van der Waals surface area (Å²) in [5, 5.41) is 0. The van der Waals surface area contributed by atoms with Gasteiger partial charge in [-0.1, -0.05) is 80.1 Å². The van der Waals surface area contributed by atoms with Gasteiger partial charge in [0.15, 0.2) is 0 Å². The fourth-order valence-electron chi connectivity index (χ4n) is 5.11. The van der Waals surface area contributed by atoms with E-state index in [1.54, 1.807) is 0 Å². The van der Waals surface area contributed by atoms with Gasteiger partial charge in [0, 0.05) is 16.2 Å². The van der Waals surface area contributed by atoms with Crippen LogP contribution in [0.3, 0.4) is 0 Å². The normalized spacial score (nSPS) is 31.4. The molecule has 2 fully saturated rings. The lowest BCUT2D eigenvalue weighted by molar-refractivity contribution is -0.359. The lowest BCUT2D eigenvalue weighted by atomic mass is 9.81. The minimum Gasteiger partial charge on any atom is -0.329 e. The fourth-order valence-corrected chi connectivity index (χ4v) is 5.11. The summed E-state index contributed by atoms with van der Waals surface area (Å²) in [6.07, 6.45) is 13.5. The highest BCUT2D eigenvalue weighted by Crippen LogP contribution is 2.37. The van der Waals surface area contributed by atoms with E-state index in [4.69, 9.17) is 28.4 Å². The number of hydrogen-bond donors (Lipinski definition) is 0. The Bertz CT molecular complexity index is 497. The minimum atomic E-state index is -0.588. The number of rotatable bonds is 18. The molecule has 35 heavy (non-hydrogen) atoms. The predicted octanol–water partition coefficient (Wildman–Crippen LogP) is 7.44. The molecule has 2 saturated heterocycles. The van der Waals surface area contributed by atoms with E-state index in [0.29, 0.717) is 39.6 Å². The topological polar surface area (TPSA) is 55.4 Å². The molecule has 0 unspecified atom stereocenters. The molecule has 0 aromatic carbocycles. The summed E-state index contributed by atoms with van der Waals surface area (Å²) in [7, 11) is 0. The SMILES string of the molecule is CCCCC1(CC)COC(OCC(CC)(CCCC)COC2OCC(CC)(CCCC)CO2)OC1. The van der Waals surface area contributed by atoms with Crippen LogP contribution in [-0.4, -0.2) is 52.6 Å². The standard InChI is InChI=1S/C29H56O6/c1-7-13-16-27(10-4)19-30-25(31-20-27)34-23-29(12-6,18-15-9-3)24-35-26-32-21-28(11-5,22-33-26)17-14-8-2/h25-26H,7-24H2,1-6H3. The quantitative estimate of drug-likeness (QED) is 0.195. The molecule has 0 aliphatic carbocycles. The van der Waals surface area contributed by atoms with Crippen molar-refractivity contribution < 1.29 is 28.4 Å². The smallest absolute Gasteiger partial charge is 0.271 e. The summed E-state index contributed by atoms with van der Waals surface area (Å²) < 4.78 is 36.6. The average Bonchev–Trinajstić information content (AvgIpc) is 2.92. The summed E-state index contributed by atoms with van der Waals surface area (Å²) in [5.74, 6) is 0. The van der Waals surface area contributed by atoms with Crippen LogP contribution in [0.4, 0.5) is 0 Å². The van der Waals surface area contributed by atoms with Crippen LogP contribution in [0.2, 0.25) is 0 Å². The molecule has 6 nitrogen and oxygen atoms in total. The Morgan fingerprint density at radius 1 is 0.629 bits per heavy atom. The van der Waals surface area contributed by atoms with Gasteiger partial charge in [-0.3, -0.25) is 0 Å². The molecule has 0 amide bonds. The van der Waals surface area contributed by atoms with E-state index in [0.717, 1.165) is 51.4 Å². The van der Waals surface area contributed by atoms with Gasteiger partial charge in [-0.15, -0.1) is 0 Å². The molecular formula is C29H56O6. The Morgan fingerprint density at radius 2 is 1.03 bits per heavy atom. The van der Waals surface area contributed by atoms with Gasteiger partial charge < -0.3 is 28.4 Å². The van der Waals surface area contributed by atoms with Crippen molar-refractivity contribution in [1.29, 1.82) is 0 Å². The van der Waals surface area contributed by atoms with Crippen molar-refractivity contribution in [3.05, 3.63) is 0 Å². The second kappa shape index (κ2) is 15.9. The Labute approximate surface area is 216 Å². The monoisotopic (exact) mass is 500 g/mol. The second-order valence-corrected chi connectivity index (χ2v) is 11.3. The number of unbranched alkanes of at least 4 members (excludes halogenated alkanes) is 3. The molecule has 0 N–H and O–H groups in total. The van der Waals surface area contributed by atoms with Gasteiger partial charge in [0.25, 0.3) is 13.0 Å². The summed E-state index contributed by atoms with van der Waals surface area (Å²) in [5.41, 5.74) is 0.144. The highest BCUT2D eigenvalue weighted by atomic mass is 16.9. The van der Waals surface area contributed by atoms with Gasteiger partial charge in [-0.05, 0) is 38.5 Å². The molecule has 2 aliphatic rings. The van der Waals surface area contributed by atoms with Crippen molar-refractivity contribution in [1.82, 2.24) is 0 Å². The van der Waals surface area contributed by atoms with Gasteiger partial charge in [0.05, 0.1) is 39.6 Å². The molecule has 0 aromatic rings. The van der Waals surface area contributed by atoms with E-state index < -0.39 is 13.0 Å². The Morgan fingerprint density at radius 3 is 1.34 bits per heavy atom. The number of hydrogen-bond acceptors (Lipinski definition) is 6. The van der Waals surface area contributed by atoms with Crippen molar-refractivity contribution in [2.45, 2.75) is 132 Å². The molecule has 6 heteroatoms. The summed E-state index contributed by atoms with van der Waals surface area (Å²) in [4.78, 5) is 0. The van der Waals surface area contributed by atoms with E-state index >= 15 is 0 Å². The zero-order chi connectivity index (χ0) is 25.6. The van der Waals surface area contributed by atoms with Crippen LogP contribution in [0.5, 0.6) is 0 Å². The van der Waals surface area contributed by atoms with Crippen LogP contribution in [0.1, 0.15) is 119 Å². The van der Waals surface area contributed by atoms with Gasteiger partial charge in [0.2, 0.25) is 0 Å². The Kier molecular flexibility index (Phi) is 14.1. The number of ether oxygens (including phenoxy) is 6. The molecule has 2 rings (SSSR count). The molecule has 0 aromatic heterocycles. The van der Waals surface area contributed by atoms with Crippen LogP contribution >= 0.6 is 0 Å². The van der Waals surface area contributed by atoms with Crippen molar-refractivity contribution in [3.8, 4) is 0 Å². The first-order valence-corrected chi connectivity index (χ1v) is 14.6. The van der Waals surface area contributed by atoms with Crippen molar-refractivity contribution in [2.24, 2.45) is 16.2 Å². The maximum atomic E-state index is 6.21. The van der Waals surface area contributed by atoms with Crippen molar-refractivity contribution >= 4 is 0 Å². The highest BCUT2D eigenvalue weighted by molar-refractivity contribution is 4.82. The summed E-state index contributed by atoms with van der Waals surface area (Å²) in [6.45, 7) is 16.1. The van der Waals surface area contributed by atoms with Gasteiger partial charge in [-0.2, -0.15) is 0 Å². The first-order valence-electron chi connectivity index (χ1n) is 14.6. The van der Waals surface area contributed by atoms with Crippen molar-refractivity contribution in [3.63, 3.8) is 0 Å². The first-order chi connectivity index (χ1) is 16.9. The lowest BCUT2D eigenvalue weighted by Gasteiger charge is -2.42. The maximum Gasteiger partial charge on any atom is 0.271 e. The molecule has 0 radical (unpaired) electrons. The highest BCUT2D eigenvalue weighted by Gasteiger charge is 2.39. The third-order valence-corrected chi connectivity index (χ3v) is 8.59. The van der Waals surface area contributed by atoms with Crippen LogP contribution < -0.4 is 0 Å². The molecule has 0 saturated carbocycles. The van der Waals surface area contributed by atoms with E-state index in [1.807, 2.05) is 0 Å². The molecule has 0 bridgehead atoms. The van der Waals surface area contributed by atoms with Gasteiger partial charge >= 0.3 is 0 Å². The maximum absolute atomic E-state index is 6.21. The van der Waals surface area contributed by atoms with Gasteiger partial charge in [0.1, 0.15) is 0 Å². The molecule has 2 heterocycles. The molecule has 0 atom stereocenters. The van der Waals surface area contributed by atoms with E-state index in [9.17, 15) is 0 Å². The minimum absolute atomic E-state index is 0.113. The third-order valence-electron chi connectivity index (χ3n) is 8.59. The van der Waals surface area contributed by atoms with E-state index in [2.05, 4.69) is 41.5 Å². The summed E-state index contributed by atoms with van der Waals surface area (Å²) in [6, 6.07) is 0. The Balaban J connectivity index is 1.87. The van der Waals surface area contributed by atoms with E-state index in [1.165, 1.54) is 25.7 Å². The molecule has 2 aliphatic heterocycles. The molecule has 208 valence electrons. The van der Waals surface area contributed by atoms with Crippen LogP contribution in [-0.2, 0) is 28.4 Å². The largest absolute Gasteiger partial charge is 0.329 e. The van der Waals surface area contributed by atoms with Crippen LogP contribution in [0, 0.1) is 16.2 Å². The zero-order valence-electron chi connectivity index (χ0n) is 23.8. The average molecular weight is 501 g/mol. The first kappa shape index (κ1) is 31.0. The molecular weight excluding hydrogens is 444 g/mol.